The molecular formula is C17H18N2O5S2. The van der Waals surface area contributed by atoms with E-state index in [9.17, 15) is 14.7 Å². The lowest BCUT2D eigenvalue weighted by Crippen LogP contribution is -2.54. The predicted molar refractivity (Wildman–Crippen MR) is 99.2 cm³/mol. The number of hydrogen-bond donors (Lipinski definition) is 2. The van der Waals surface area contributed by atoms with Crippen molar-refractivity contribution in [3.63, 3.8) is 0 Å². The van der Waals surface area contributed by atoms with Crippen molar-refractivity contribution in [2.75, 3.05) is 18.6 Å². The number of amides is 1. The summed E-state index contributed by atoms with van der Waals surface area (Å²) in [5, 5.41) is 14.0. The second-order valence-electron chi connectivity index (χ2n) is 5.78. The molecule has 7 nitrogen and oxygen atoms in total. The number of nitrogens with zero attached hydrogens (tertiary/aromatic N) is 1. The van der Waals surface area contributed by atoms with Crippen LogP contribution in [0.1, 0.15) is 22.5 Å². The number of nitrogens with one attached hydrogen (secondary N) is 1. The van der Waals surface area contributed by atoms with Crippen LogP contribution >= 0.6 is 23.1 Å². The van der Waals surface area contributed by atoms with Gasteiger partial charge in [-0.1, -0.05) is 0 Å². The Morgan fingerprint density at radius 1 is 1.38 bits per heavy atom. The maximum absolute atomic E-state index is 12.5. The number of rotatable bonds is 7. The Balaban J connectivity index is 1.73. The predicted octanol–water partition coefficient (Wildman–Crippen LogP) is 2.42. The third-order valence-electron chi connectivity index (χ3n) is 4.07. The average molecular weight is 394 g/mol. The molecule has 1 unspecified atom stereocenters. The van der Waals surface area contributed by atoms with E-state index in [0.717, 1.165) is 5.69 Å². The average Bonchev–Trinajstić information content (AvgIpc) is 3.32. The van der Waals surface area contributed by atoms with Gasteiger partial charge in [0, 0.05) is 16.7 Å². The molecule has 0 bridgehead atoms. The highest BCUT2D eigenvalue weighted by Gasteiger charge is 2.43. The van der Waals surface area contributed by atoms with Crippen molar-refractivity contribution in [3.05, 3.63) is 40.3 Å². The fourth-order valence-electron chi connectivity index (χ4n) is 2.56. The van der Waals surface area contributed by atoms with Gasteiger partial charge in [0.1, 0.15) is 12.1 Å². The zero-order chi connectivity index (χ0) is 18.6. The summed E-state index contributed by atoms with van der Waals surface area (Å²) in [6, 6.07) is 4.77. The van der Waals surface area contributed by atoms with E-state index in [-0.39, 0.29) is 0 Å². The number of benzene rings is 1. The minimum Gasteiger partial charge on any atom is -0.493 e. The molecule has 1 aliphatic heterocycles. The van der Waals surface area contributed by atoms with Gasteiger partial charge in [0.2, 0.25) is 0 Å². The van der Waals surface area contributed by atoms with Gasteiger partial charge in [0.25, 0.3) is 5.91 Å². The van der Waals surface area contributed by atoms with Crippen LogP contribution in [0.3, 0.4) is 0 Å². The summed E-state index contributed by atoms with van der Waals surface area (Å²) in [5.41, 5.74) is 1.64. The van der Waals surface area contributed by atoms with Crippen LogP contribution in [-0.4, -0.2) is 46.1 Å². The molecule has 0 spiro atoms. The first-order valence-electron chi connectivity index (χ1n) is 7.85. The summed E-state index contributed by atoms with van der Waals surface area (Å²) in [4.78, 5) is 28.3. The van der Waals surface area contributed by atoms with E-state index in [2.05, 4.69) is 10.3 Å². The molecule has 26 heavy (non-hydrogen) atoms. The molecule has 0 radical (unpaired) electrons. The van der Waals surface area contributed by atoms with Crippen LogP contribution in [0.2, 0.25) is 0 Å². The van der Waals surface area contributed by atoms with Gasteiger partial charge in [-0.2, -0.15) is 11.8 Å². The largest absolute Gasteiger partial charge is 0.493 e. The molecule has 1 atom stereocenters. The smallest absolute Gasteiger partial charge is 0.330 e. The number of thioether (sulfide) groups is 1. The molecule has 1 fully saturated rings. The number of aliphatic carboxylic acids is 1. The Kier molecular flexibility index (Phi) is 5.67. The third kappa shape index (κ3) is 3.94. The van der Waals surface area contributed by atoms with Gasteiger partial charge in [-0.05, 0) is 30.4 Å². The second-order valence-corrected chi connectivity index (χ2v) is 7.60. The third-order valence-corrected chi connectivity index (χ3v) is 5.89. The van der Waals surface area contributed by atoms with Crippen LogP contribution < -0.4 is 14.8 Å². The Bertz CT molecular complexity index is 788. The number of carbonyl (C=O) groups excluding carboxylic acids is 1. The molecule has 1 saturated heterocycles. The van der Waals surface area contributed by atoms with E-state index in [1.54, 1.807) is 23.7 Å². The van der Waals surface area contributed by atoms with E-state index in [1.807, 2.05) is 5.38 Å². The molecule has 2 heterocycles. The minimum absolute atomic E-state index is 0.296. The molecule has 2 N–H and O–H groups in total. The maximum atomic E-state index is 12.5. The lowest BCUT2D eigenvalue weighted by Gasteiger charge is -2.24. The number of ether oxygens (including phenoxy) is 2. The van der Waals surface area contributed by atoms with Gasteiger partial charge in [-0.15, -0.1) is 11.3 Å². The molecule has 1 aliphatic rings. The monoisotopic (exact) mass is 394 g/mol. The number of thiazole rings is 1. The molecule has 2 aromatic rings. The number of carbonyl (C=O) groups is 2. The van der Waals surface area contributed by atoms with Crippen molar-refractivity contribution in [1.82, 2.24) is 10.3 Å². The summed E-state index contributed by atoms with van der Waals surface area (Å²) in [6.45, 7) is 0.296. The summed E-state index contributed by atoms with van der Waals surface area (Å²) >= 11 is 3.00. The first-order valence-corrected chi connectivity index (χ1v) is 9.95. The second kappa shape index (κ2) is 7.96. The van der Waals surface area contributed by atoms with Crippen LogP contribution in [0.15, 0.2) is 29.1 Å². The molecule has 138 valence electrons. The Hall–Kier alpha value is -2.26. The van der Waals surface area contributed by atoms with Crippen LogP contribution in [0.25, 0.3) is 0 Å². The van der Waals surface area contributed by atoms with E-state index < -0.39 is 17.4 Å². The van der Waals surface area contributed by atoms with E-state index in [4.69, 9.17) is 9.47 Å². The van der Waals surface area contributed by atoms with Crippen LogP contribution in [-0.2, 0) is 11.4 Å². The Morgan fingerprint density at radius 3 is 2.85 bits per heavy atom. The molecule has 0 aliphatic carbocycles. The standard InChI is InChI=1S/C17H18N2O5S2/c1-23-14-6-11(2-3-13(14)24-7-12-8-26-10-18-12)15(20)19-17(16(21)22)4-5-25-9-17/h2-3,6,8,10H,4-5,7,9H2,1H3,(H,19,20)(H,21,22). The zero-order valence-corrected chi connectivity index (χ0v) is 15.7. The molecule has 1 aromatic heterocycles. The Morgan fingerprint density at radius 2 is 2.23 bits per heavy atom. The van der Waals surface area contributed by atoms with Crippen molar-refractivity contribution in [2.24, 2.45) is 0 Å². The summed E-state index contributed by atoms with van der Waals surface area (Å²) in [7, 11) is 1.49. The quantitative estimate of drug-likeness (QED) is 0.744. The summed E-state index contributed by atoms with van der Waals surface area (Å²) < 4.78 is 11.0. The summed E-state index contributed by atoms with van der Waals surface area (Å²) in [6.07, 6.45) is 0.407. The molecule has 1 amide bonds. The molecule has 1 aromatic carbocycles. The highest BCUT2D eigenvalue weighted by atomic mass is 32.2. The van der Waals surface area contributed by atoms with Crippen LogP contribution in [0, 0.1) is 0 Å². The normalized spacial score (nSPS) is 19.1. The molecule has 3 rings (SSSR count). The van der Waals surface area contributed by atoms with Gasteiger partial charge in [-0.25, -0.2) is 9.78 Å². The van der Waals surface area contributed by atoms with E-state index in [0.29, 0.717) is 41.6 Å². The van der Waals surface area contributed by atoms with Crippen molar-refractivity contribution in [2.45, 2.75) is 18.6 Å². The number of methoxy groups -OCH3 is 1. The lowest BCUT2D eigenvalue weighted by molar-refractivity contribution is -0.143. The van der Waals surface area contributed by atoms with Gasteiger partial charge < -0.3 is 19.9 Å². The Labute approximate surface area is 158 Å². The first kappa shape index (κ1) is 18.5. The fourth-order valence-corrected chi connectivity index (χ4v) is 4.43. The fraction of sp³-hybridized carbons (Fsp3) is 0.353. The highest BCUT2D eigenvalue weighted by molar-refractivity contribution is 7.99. The topological polar surface area (TPSA) is 97.8 Å². The number of carboxylic acids is 1. The molecule has 9 heteroatoms. The van der Waals surface area contributed by atoms with Gasteiger partial charge in [-0.3, -0.25) is 4.79 Å². The van der Waals surface area contributed by atoms with Crippen LogP contribution in [0.4, 0.5) is 0 Å². The first-order chi connectivity index (χ1) is 12.5. The van der Waals surface area contributed by atoms with Gasteiger partial charge in [0.15, 0.2) is 11.5 Å². The van der Waals surface area contributed by atoms with E-state index in [1.165, 1.54) is 30.2 Å². The van der Waals surface area contributed by atoms with Crippen LogP contribution in [0.5, 0.6) is 11.5 Å². The van der Waals surface area contributed by atoms with Crippen molar-refractivity contribution >= 4 is 35.0 Å². The van der Waals surface area contributed by atoms with E-state index >= 15 is 0 Å². The zero-order valence-electron chi connectivity index (χ0n) is 14.1. The molecule has 0 saturated carbocycles. The lowest BCUT2D eigenvalue weighted by atomic mass is 9.98. The molecular weight excluding hydrogens is 376 g/mol. The van der Waals surface area contributed by atoms with Gasteiger partial charge >= 0.3 is 5.97 Å². The van der Waals surface area contributed by atoms with Crippen molar-refractivity contribution < 1.29 is 24.2 Å². The minimum atomic E-state index is -1.21. The van der Waals surface area contributed by atoms with Crippen molar-refractivity contribution in [1.29, 1.82) is 0 Å². The number of hydrogen-bond acceptors (Lipinski definition) is 7. The maximum Gasteiger partial charge on any atom is 0.330 e. The number of aromatic nitrogens is 1. The van der Waals surface area contributed by atoms with Gasteiger partial charge in [0.05, 0.1) is 18.3 Å². The SMILES string of the molecule is COc1cc(C(=O)NC2(C(=O)O)CCSC2)ccc1OCc1cscn1. The number of carboxylic acid groups (broad SMARTS) is 1. The summed E-state index contributed by atoms with van der Waals surface area (Å²) in [5.74, 6) is 0.504. The van der Waals surface area contributed by atoms with Crippen molar-refractivity contribution in [3.8, 4) is 11.5 Å². The highest BCUT2D eigenvalue weighted by Crippen LogP contribution is 2.31.